The van der Waals surface area contributed by atoms with Crippen LogP contribution in [0.4, 0.5) is 0 Å². The Bertz CT molecular complexity index is 466. The monoisotopic (exact) mass is 207 g/mol. The first-order valence-electron chi connectivity index (χ1n) is 4.30. The van der Waals surface area contributed by atoms with Gasteiger partial charge in [0.05, 0.1) is 12.1 Å². The van der Waals surface area contributed by atoms with Crippen LogP contribution in [0.25, 0.3) is 11.0 Å². The second-order valence-electron chi connectivity index (χ2n) is 2.69. The lowest BCUT2D eigenvalue weighted by Crippen LogP contribution is -2.14. The van der Waals surface area contributed by atoms with Gasteiger partial charge in [-0.25, -0.2) is 0 Å². The third-order valence-corrected chi connectivity index (χ3v) is 2.08. The van der Waals surface area contributed by atoms with Gasteiger partial charge in [0.2, 0.25) is 0 Å². The van der Waals surface area contributed by atoms with E-state index in [2.05, 4.69) is 10.3 Å². The number of thiocarbonyl (C=S) groups is 1. The summed E-state index contributed by atoms with van der Waals surface area (Å²) in [6, 6.07) is 7.61. The van der Waals surface area contributed by atoms with Gasteiger partial charge >= 0.3 is 0 Å². The average molecular weight is 207 g/mol. The van der Waals surface area contributed by atoms with Crippen molar-refractivity contribution in [2.45, 2.75) is 6.92 Å². The summed E-state index contributed by atoms with van der Waals surface area (Å²) in [6.45, 7) is 2.42. The summed E-state index contributed by atoms with van der Waals surface area (Å²) < 4.78 is 6.71. The maximum atomic E-state index is 5.19. The van der Waals surface area contributed by atoms with E-state index in [0.717, 1.165) is 11.0 Å². The summed E-state index contributed by atoms with van der Waals surface area (Å²) in [4.78, 5) is 0. The molecule has 72 valence electrons. The molecule has 2 rings (SSSR count). The summed E-state index contributed by atoms with van der Waals surface area (Å²) in [5.74, 6) is 0. The summed E-state index contributed by atoms with van der Waals surface area (Å²) in [5.41, 5.74) is 1.68. The van der Waals surface area contributed by atoms with Crippen molar-refractivity contribution >= 4 is 28.4 Å². The second kappa shape index (κ2) is 3.71. The molecule has 0 fully saturated rings. The third-order valence-electron chi connectivity index (χ3n) is 1.79. The zero-order valence-corrected chi connectivity index (χ0v) is 8.49. The Kier molecular flexibility index (Phi) is 2.41. The first-order valence-corrected chi connectivity index (χ1v) is 4.71. The maximum Gasteiger partial charge on any atom is 0.286 e. The number of fused-ring (bicyclic) bond motifs is 1. The van der Waals surface area contributed by atoms with Crippen molar-refractivity contribution < 1.29 is 4.74 Å². The fourth-order valence-corrected chi connectivity index (χ4v) is 1.44. The molecule has 0 saturated heterocycles. The topological polar surface area (TPSA) is 39.9 Å². The molecular weight excluding hydrogens is 198 g/mol. The first kappa shape index (κ1) is 9.08. The minimum absolute atomic E-state index is 0.334. The fraction of sp³-hybridized carbons (Fsp3) is 0.222. The van der Waals surface area contributed by atoms with Crippen LogP contribution < -0.4 is 0 Å². The van der Waals surface area contributed by atoms with E-state index in [-0.39, 0.29) is 0 Å². The molecule has 0 spiro atoms. The number of nitrogens with zero attached hydrogens (tertiary/aromatic N) is 3. The molecule has 0 N–H and O–H groups in total. The average Bonchev–Trinajstić information content (AvgIpc) is 2.61. The molecule has 0 bridgehead atoms. The normalized spacial score (nSPS) is 10.4. The van der Waals surface area contributed by atoms with Gasteiger partial charge in [0, 0.05) is 0 Å². The Morgan fingerprint density at radius 1 is 1.50 bits per heavy atom. The SMILES string of the molecule is CCOC(=S)n1nnc2ccccc21. The molecule has 0 aliphatic rings. The van der Waals surface area contributed by atoms with Crippen LogP contribution in [0, 0.1) is 0 Å². The highest BCUT2D eigenvalue weighted by molar-refractivity contribution is 7.80. The Morgan fingerprint density at radius 3 is 3.07 bits per heavy atom. The molecular formula is C9H9N3OS. The molecule has 0 aliphatic heterocycles. The van der Waals surface area contributed by atoms with E-state index < -0.39 is 0 Å². The van der Waals surface area contributed by atoms with Crippen LogP contribution in [0.2, 0.25) is 0 Å². The number of hydrogen-bond donors (Lipinski definition) is 0. The number of aromatic nitrogens is 3. The minimum Gasteiger partial charge on any atom is -0.470 e. The molecule has 0 saturated carbocycles. The quantitative estimate of drug-likeness (QED) is 0.666. The van der Waals surface area contributed by atoms with Crippen LogP contribution >= 0.6 is 12.2 Å². The molecule has 14 heavy (non-hydrogen) atoms. The van der Waals surface area contributed by atoms with Crippen LogP contribution in [0.1, 0.15) is 6.92 Å². The standard InChI is InChI=1S/C9H9N3OS/c1-2-13-9(14)12-8-6-4-3-5-7(8)10-11-12/h3-6H,2H2,1H3. The number of hydrogen-bond acceptors (Lipinski definition) is 4. The zero-order chi connectivity index (χ0) is 9.97. The van der Waals surface area contributed by atoms with Crippen LogP contribution in [0.15, 0.2) is 24.3 Å². The van der Waals surface area contributed by atoms with Gasteiger partial charge in [0.1, 0.15) is 5.52 Å². The van der Waals surface area contributed by atoms with Gasteiger partial charge in [-0.15, -0.1) is 5.10 Å². The Balaban J connectivity index is 2.47. The van der Waals surface area contributed by atoms with Gasteiger partial charge in [-0.3, -0.25) is 0 Å². The zero-order valence-electron chi connectivity index (χ0n) is 7.67. The van der Waals surface area contributed by atoms with Crippen molar-refractivity contribution in [3.8, 4) is 0 Å². The summed E-state index contributed by atoms with van der Waals surface area (Å²) >= 11 is 5.04. The largest absolute Gasteiger partial charge is 0.470 e. The molecule has 2 aromatic rings. The molecule has 0 amide bonds. The lowest BCUT2D eigenvalue weighted by atomic mass is 10.3. The van der Waals surface area contributed by atoms with E-state index in [1.807, 2.05) is 31.2 Å². The van der Waals surface area contributed by atoms with Crippen molar-refractivity contribution in [3.63, 3.8) is 0 Å². The van der Waals surface area contributed by atoms with Crippen LogP contribution in [-0.2, 0) is 4.74 Å². The molecule has 0 atom stereocenters. The van der Waals surface area contributed by atoms with E-state index >= 15 is 0 Å². The highest BCUT2D eigenvalue weighted by atomic mass is 32.1. The summed E-state index contributed by atoms with van der Waals surface area (Å²) in [6.07, 6.45) is 0. The highest BCUT2D eigenvalue weighted by Gasteiger charge is 2.07. The molecule has 5 heteroatoms. The van der Waals surface area contributed by atoms with Gasteiger partial charge in [-0.1, -0.05) is 17.3 Å². The van der Waals surface area contributed by atoms with Crippen molar-refractivity contribution in [1.82, 2.24) is 15.0 Å². The third kappa shape index (κ3) is 1.46. The Labute approximate surface area is 86.5 Å². The van der Waals surface area contributed by atoms with E-state index in [4.69, 9.17) is 17.0 Å². The van der Waals surface area contributed by atoms with Crippen LogP contribution in [-0.4, -0.2) is 26.8 Å². The second-order valence-corrected chi connectivity index (χ2v) is 3.04. The lowest BCUT2D eigenvalue weighted by molar-refractivity contribution is 0.319. The van der Waals surface area contributed by atoms with E-state index in [1.54, 1.807) is 0 Å². The number of benzene rings is 1. The molecule has 1 aromatic carbocycles. The van der Waals surface area contributed by atoms with Gasteiger partial charge in [0.25, 0.3) is 5.17 Å². The molecule has 1 heterocycles. The number of rotatable bonds is 1. The molecule has 0 unspecified atom stereocenters. The Hall–Kier alpha value is -1.49. The van der Waals surface area contributed by atoms with Crippen molar-refractivity contribution in [1.29, 1.82) is 0 Å². The molecule has 1 aromatic heterocycles. The first-order chi connectivity index (χ1) is 6.83. The number of para-hydroxylation sites is 1. The molecule has 4 nitrogen and oxygen atoms in total. The van der Waals surface area contributed by atoms with Crippen molar-refractivity contribution in [2.75, 3.05) is 6.61 Å². The fourth-order valence-electron chi connectivity index (χ4n) is 1.19. The summed E-state index contributed by atoms with van der Waals surface area (Å²) in [7, 11) is 0. The predicted molar refractivity (Wildman–Crippen MR) is 57.2 cm³/mol. The molecule has 0 radical (unpaired) electrons. The summed E-state index contributed by atoms with van der Waals surface area (Å²) in [5, 5.41) is 8.22. The lowest BCUT2D eigenvalue weighted by Gasteiger charge is -2.03. The smallest absolute Gasteiger partial charge is 0.286 e. The van der Waals surface area contributed by atoms with Crippen LogP contribution in [0.3, 0.4) is 0 Å². The molecule has 0 aliphatic carbocycles. The van der Waals surface area contributed by atoms with Crippen LogP contribution in [0.5, 0.6) is 0 Å². The van der Waals surface area contributed by atoms with Gasteiger partial charge in [-0.05, 0) is 31.3 Å². The predicted octanol–water partition coefficient (Wildman–Crippen LogP) is 1.60. The van der Waals surface area contributed by atoms with E-state index in [1.165, 1.54) is 4.68 Å². The van der Waals surface area contributed by atoms with Gasteiger partial charge in [0.15, 0.2) is 0 Å². The van der Waals surface area contributed by atoms with E-state index in [9.17, 15) is 0 Å². The number of ether oxygens (including phenoxy) is 1. The van der Waals surface area contributed by atoms with Crippen molar-refractivity contribution in [3.05, 3.63) is 24.3 Å². The Morgan fingerprint density at radius 2 is 2.29 bits per heavy atom. The van der Waals surface area contributed by atoms with E-state index in [0.29, 0.717) is 11.8 Å². The maximum absolute atomic E-state index is 5.19. The van der Waals surface area contributed by atoms with Crippen molar-refractivity contribution in [2.24, 2.45) is 0 Å². The highest BCUT2D eigenvalue weighted by Crippen LogP contribution is 2.09. The minimum atomic E-state index is 0.334. The van der Waals surface area contributed by atoms with Gasteiger partial charge < -0.3 is 4.74 Å². The van der Waals surface area contributed by atoms with Gasteiger partial charge in [-0.2, -0.15) is 4.68 Å².